The summed E-state index contributed by atoms with van der Waals surface area (Å²) in [6.45, 7) is 3.31. The van der Waals surface area contributed by atoms with E-state index in [2.05, 4.69) is 16.0 Å². The number of carbonyl (C=O) groups is 1. The fourth-order valence-electron chi connectivity index (χ4n) is 3.80. The van der Waals surface area contributed by atoms with E-state index in [1.807, 2.05) is 24.3 Å². The summed E-state index contributed by atoms with van der Waals surface area (Å²) in [6.07, 6.45) is 3.48. The molecule has 6 heteroatoms. The van der Waals surface area contributed by atoms with Crippen LogP contribution in [0, 0.1) is 5.92 Å². The van der Waals surface area contributed by atoms with Gasteiger partial charge in [0, 0.05) is 41.2 Å². The summed E-state index contributed by atoms with van der Waals surface area (Å²) >= 11 is 6.26. The maximum absolute atomic E-state index is 11.7. The Balaban J connectivity index is 1.81. The summed E-state index contributed by atoms with van der Waals surface area (Å²) in [4.78, 5) is 23.4. The van der Waals surface area contributed by atoms with Gasteiger partial charge in [-0.1, -0.05) is 17.7 Å². The smallest absolute Gasteiger partial charge is 0.133 e. The van der Waals surface area contributed by atoms with Crippen molar-refractivity contribution in [1.82, 2.24) is 9.97 Å². The first-order valence-corrected chi connectivity index (χ1v) is 9.79. The number of hydrogen-bond donors (Lipinski definition) is 0. The number of Topliss-reactive ketones (excluding diaryl/α,β-unsaturated/α-hetero) is 1. The number of pyridine rings is 2. The summed E-state index contributed by atoms with van der Waals surface area (Å²) in [5.74, 6) is 2.03. The van der Waals surface area contributed by atoms with Crippen LogP contribution in [0.1, 0.15) is 19.8 Å². The maximum Gasteiger partial charge on any atom is 0.133 e. The third-order valence-corrected chi connectivity index (χ3v) is 5.62. The van der Waals surface area contributed by atoms with Crippen molar-refractivity contribution in [1.29, 1.82) is 0 Å². The lowest BCUT2D eigenvalue weighted by atomic mass is 9.93. The number of carbonyl (C=O) groups excluding carboxylic acids is 1. The normalized spacial score (nSPS) is 15.0. The van der Waals surface area contributed by atoms with Crippen LogP contribution in [0.2, 0.25) is 5.02 Å². The molecule has 0 bridgehead atoms. The van der Waals surface area contributed by atoms with Crippen LogP contribution in [0.4, 0.5) is 5.82 Å². The number of piperidine rings is 1. The second-order valence-corrected chi connectivity index (χ2v) is 7.56. The van der Waals surface area contributed by atoms with Crippen molar-refractivity contribution < 1.29 is 9.53 Å². The molecule has 2 aromatic heterocycles. The molecule has 0 radical (unpaired) electrons. The van der Waals surface area contributed by atoms with Crippen molar-refractivity contribution in [3.63, 3.8) is 0 Å². The SMILES string of the molecule is COc1ccc(Cl)cc1-c1nc(N2CCC(C(C)=O)CC2)cc2cccnc12. The van der Waals surface area contributed by atoms with Crippen molar-refractivity contribution >= 4 is 34.1 Å². The lowest BCUT2D eigenvalue weighted by molar-refractivity contribution is -0.121. The van der Waals surface area contributed by atoms with Crippen LogP contribution in [-0.4, -0.2) is 36.0 Å². The molecule has 1 fully saturated rings. The Morgan fingerprint density at radius 1 is 1.21 bits per heavy atom. The topological polar surface area (TPSA) is 55.3 Å². The first-order chi connectivity index (χ1) is 13.6. The first kappa shape index (κ1) is 18.7. The summed E-state index contributed by atoms with van der Waals surface area (Å²) < 4.78 is 5.55. The Hall–Kier alpha value is -2.66. The van der Waals surface area contributed by atoms with Crippen molar-refractivity contribution in [2.45, 2.75) is 19.8 Å². The maximum atomic E-state index is 11.7. The van der Waals surface area contributed by atoms with Gasteiger partial charge < -0.3 is 9.64 Å². The van der Waals surface area contributed by atoms with Crippen LogP contribution in [-0.2, 0) is 4.79 Å². The summed E-state index contributed by atoms with van der Waals surface area (Å²) in [6, 6.07) is 11.5. The van der Waals surface area contributed by atoms with E-state index in [1.165, 1.54) is 0 Å². The highest BCUT2D eigenvalue weighted by Gasteiger charge is 2.24. The van der Waals surface area contributed by atoms with Crippen molar-refractivity contribution in [2.75, 3.05) is 25.1 Å². The molecule has 0 saturated carbocycles. The number of rotatable bonds is 4. The van der Waals surface area contributed by atoms with Gasteiger partial charge >= 0.3 is 0 Å². The summed E-state index contributed by atoms with van der Waals surface area (Å²) in [5, 5.41) is 1.63. The number of ketones is 1. The van der Waals surface area contributed by atoms with Gasteiger partial charge in [0.25, 0.3) is 0 Å². The fourth-order valence-corrected chi connectivity index (χ4v) is 3.97. The van der Waals surface area contributed by atoms with Gasteiger partial charge in [-0.25, -0.2) is 4.98 Å². The number of benzene rings is 1. The van der Waals surface area contributed by atoms with E-state index in [0.29, 0.717) is 10.8 Å². The summed E-state index contributed by atoms with van der Waals surface area (Å²) in [7, 11) is 1.64. The largest absolute Gasteiger partial charge is 0.496 e. The Morgan fingerprint density at radius 2 is 2.00 bits per heavy atom. The predicted molar refractivity (Wildman–Crippen MR) is 112 cm³/mol. The minimum absolute atomic E-state index is 0.158. The fraction of sp³-hybridized carbons (Fsp3) is 0.318. The number of methoxy groups -OCH3 is 1. The standard InChI is InChI=1S/C22H22ClN3O2/c1-14(27)15-7-10-26(11-8-15)20-12-16-4-3-9-24-21(16)22(25-20)18-13-17(23)5-6-19(18)28-2/h3-6,9,12-13,15H,7-8,10-11H2,1-2H3. The highest BCUT2D eigenvalue weighted by atomic mass is 35.5. The minimum Gasteiger partial charge on any atom is -0.496 e. The average Bonchev–Trinajstić information content (AvgIpc) is 2.73. The van der Waals surface area contributed by atoms with Gasteiger partial charge in [-0.2, -0.15) is 0 Å². The van der Waals surface area contributed by atoms with Crippen molar-refractivity contribution in [3.05, 3.63) is 47.6 Å². The van der Waals surface area contributed by atoms with Crippen LogP contribution < -0.4 is 9.64 Å². The molecule has 3 aromatic rings. The van der Waals surface area contributed by atoms with E-state index in [9.17, 15) is 4.79 Å². The van der Waals surface area contributed by atoms with Crippen molar-refractivity contribution in [3.8, 4) is 17.0 Å². The third kappa shape index (κ3) is 3.54. The molecule has 144 valence electrons. The molecular weight excluding hydrogens is 374 g/mol. The molecule has 0 aliphatic carbocycles. The number of halogens is 1. The Kier molecular flexibility index (Phi) is 5.18. The highest BCUT2D eigenvalue weighted by Crippen LogP contribution is 2.37. The zero-order valence-corrected chi connectivity index (χ0v) is 16.7. The zero-order chi connectivity index (χ0) is 19.7. The molecule has 3 heterocycles. The van der Waals surface area contributed by atoms with Gasteiger partial charge in [-0.05, 0) is 50.1 Å². The molecule has 1 aromatic carbocycles. The van der Waals surface area contributed by atoms with Gasteiger partial charge in [0.2, 0.25) is 0 Å². The van der Waals surface area contributed by atoms with E-state index < -0.39 is 0 Å². The second kappa shape index (κ2) is 7.76. The molecule has 5 nitrogen and oxygen atoms in total. The van der Waals surface area contributed by atoms with Crippen LogP contribution in [0.5, 0.6) is 5.75 Å². The molecule has 1 saturated heterocycles. The molecule has 0 atom stereocenters. The lowest BCUT2D eigenvalue weighted by Crippen LogP contribution is -2.36. The number of anilines is 1. The van der Waals surface area contributed by atoms with Gasteiger partial charge in [-0.15, -0.1) is 0 Å². The van der Waals surface area contributed by atoms with Crippen LogP contribution in [0.25, 0.3) is 22.2 Å². The van der Waals surface area contributed by atoms with E-state index in [4.69, 9.17) is 21.3 Å². The molecule has 28 heavy (non-hydrogen) atoms. The van der Waals surface area contributed by atoms with E-state index >= 15 is 0 Å². The number of fused-ring (bicyclic) bond motifs is 1. The number of nitrogens with zero attached hydrogens (tertiary/aromatic N) is 3. The molecule has 1 aliphatic rings. The van der Waals surface area contributed by atoms with Gasteiger partial charge in [0.1, 0.15) is 23.0 Å². The molecule has 1 aliphatic heterocycles. The predicted octanol–water partition coefficient (Wildman–Crippen LogP) is 4.76. The van der Waals surface area contributed by atoms with E-state index in [-0.39, 0.29) is 11.7 Å². The third-order valence-electron chi connectivity index (χ3n) is 5.38. The van der Waals surface area contributed by atoms with Crippen LogP contribution >= 0.6 is 11.6 Å². The molecular formula is C22H22ClN3O2. The lowest BCUT2D eigenvalue weighted by Gasteiger charge is -2.32. The van der Waals surface area contributed by atoms with Crippen LogP contribution in [0.3, 0.4) is 0 Å². The minimum atomic E-state index is 0.158. The van der Waals surface area contributed by atoms with Gasteiger partial charge in [-0.3, -0.25) is 9.78 Å². The number of ether oxygens (including phenoxy) is 1. The molecule has 4 rings (SSSR count). The zero-order valence-electron chi connectivity index (χ0n) is 16.0. The quantitative estimate of drug-likeness (QED) is 0.637. The van der Waals surface area contributed by atoms with E-state index in [0.717, 1.165) is 53.9 Å². The Labute approximate surface area is 169 Å². The summed E-state index contributed by atoms with van der Waals surface area (Å²) in [5.41, 5.74) is 2.38. The number of hydrogen-bond acceptors (Lipinski definition) is 5. The van der Waals surface area contributed by atoms with Crippen molar-refractivity contribution in [2.24, 2.45) is 5.92 Å². The first-order valence-electron chi connectivity index (χ1n) is 9.42. The highest BCUT2D eigenvalue weighted by molar-refractivity contribution is 6.31. The van der Waals surface area contributed by atoms with Gasteiger partial charge in [0.05, 0.1) is 12.6 Å². The molecule has 0 amide bonds. The van der Waals surface area contributed by atoms with Crippen LogP contribution in [0.15, 0.2) is 42.6 Å². The monoisotopic (exact) mass is 395 g/mol. The molecule has 0 spiro atoms. The second-order valence-electron chi connectivity index (χ2n) is 7.12. The Bertz CT molecular complexity index is 1030. The average molecular weight is 396 g/mol. The number of aromatic nitrogens is 2. The Morgan fingerprint density at radius 3 is 2.71 bits per heavy atom. The molecule has 0 unspecified atom stereocenters. The van der Waals surface area contributed by atoms with E-state index in [1.54, 1.807) is 26.3 Å². The van der Waals surface area contributed by atoms with Gasteiger partial charge in [0.15, 0.2) is 0 Å². The molecule has 0 N–H and O–H groups in total.